The van der Waals surface area contributed by atoms with Gasteiger partial charge in [-0.2, -0.15) is 0 Å². The Hall–Kier alpha value is -1.67. The Balaban J connectivity index is 2.37. The maximum absolute atomic E-state index is 5.86. The van der Waals surface area contributed by atoms with Crippen LogP contribution in [0.1, 0.15) is 22.6 Å². The maximum Gasteiger partial charge on any atom is 0.0306 e. The predicted molar refractivity (Wildman–Crippen MR) is 66.3 cm³/mol. The summed E-state index contributed by atoms with van der Waals surface area (Å²) in [4.78, 5) is 4.15. The van der Waals surface area contributed by atoms with Gasteiger partial charge >= 0.3 is 0 Å². The average Bonchev–Trinajstić information content (AvgIpc) is 2.31. The summed E-state index contributed by atoms with van der Waals surface area (Å²) in [5.41, 5.74) is 9.56. The number of aryl methyl sites for hydroxylation is 1. The van der Waals surface area contributed by atoms with Gasteiger partial charge in [0.2, 0.25) is 0 Å². The largest absolute Gasteiger partial charge is 0.330 e. The van der Waals surface area contributed by atoms with E-state index in [0.717, 1.165) is 0 Å². The molecule has 0 aliphatic heterocycles. The van der Waals surface area contributed by atoms with Crippen molar-refractivity contribution in [3.05, 3.63) is 65.5 Å². The highest BCUT2D eigenvalue weighted by Gasteiger charge is 2.11. The molecule has 2 heteroatoms. The number of pyridine rings is 1. The fourth-order valence-corrected chi connectivity index (χ4v) is 1.93. The molecule has 16 heavy (non-hydrogen) atoms. The molecule has 1 aromatic heterocycles. The number of nitrogens with two attached hydrogens (primary N) is 1. The van der Waals surface area contributed by atoms with Crippen LogP contribution in [0.2, 0.25) is 0 Å². The lowest BCUT2D eigenvalue weighted by Crippen LogP contribution is -2.14. The lowest BCUT2D eigenvalue weighted by molar-refractivity contribution is 0.812. The first-order chi connectivity index (χ1) is 7.81. The lowest BCUT2D eigenvalue weighted by atomic mass is 9.92. The van der Waals surface area contributed by atoms with E-state index < -0.39 is 0 Å². The highest BCUT2D eigenvalue weighted by molar-refractivity contribution is 5.33. The molecule has 0 saturated carbocycles. The van der Waals surface area contributed by atoms with Crippen molar-refractivity contribution in [2.75, 3.05) is 6.54 Å². The average molecular weight is 212 g/mol. The second kappa shape index (κ2) is 4.90. The van der Waals surface area contributed by atoms with Gasteiger partial charge in [-0.15, -0.1) is 0 Å². The number of hydrogen-bond acceptors (Lipinski definition) is 2. The first kappa shape index (κ1) is 10.8. The summed E-state index contributed by atoms with van der Waals surface area (Å²) < 4.78 is 0. The van der Waals surface area contributed by atoms with Gasteiger partial charge in [-0.05, 0) is 24.1 Å². The molecule has 2 nitrogen and oxygen atoms in total. The zero-order chi connectivity index (χ0) is 11.4. The second-order valence-electron chi connectivity index (χ2n) is 3.99. The van der Waals surface area contributed by atoms with Crippen molar-refractivity contribution in [1.29, 1.82) is 0 Å². The van der Waals surface area contributed by atoms with Crippen LogP contribution in [-0.4, -0.2) is 11.5 Å². The molecule has 0 aliphatic rings. The van der Waals surface area contributed by atoms with Gasteiger partial charge in [-0.25, -0.2) is 0 Å². The van der Waals surface area contributed by atoms with Crippen LogP contribution in [0.5, 0.6) is 0 Å². The van der Waals surface area contributed by atoms with Crippen molar-refractivity contribution in [3.63, 3.8) is 0 Å². The number of benzene rings is 1. The highest BCUT2D eigenvalue weighted by Crippen LogP contribution is 2.23. The van der Waals surface area contributed by atoms with E-state index in [2.05, 4.69) is 42.2 Å². The molecule has 0 amide bonds. The van der Waals surface area contributed by atoms with E-state index in [1.807, 2.05) is 12.3 Å². The quantitative estimate of drug-likeness (QED) is 0.849. The van der Waals surface area contributed by atoms with E-state index in [9.17, 15) is 0 Å². The normalized spacial score (nSPS) is 12.4. The van der Waals surface area contributed by atoms with Crippen molar-refractivity contribution in [3.8, 4) is 0 Å². The van der Waals surface area contributed by atoms with Crippen LogP contribution in [0.25, 0.3) is 0 Å². The van der Waals surface area contributed by atoms with Crippen LogP contribution in [0, 0.1) is 6.92 Å². The van der Waals surface area contributed by atoms with E-state index in [-0.39, 0.29) is 5.92 Å². The van der Waals surface area contributed by atoms with Crippen molar-refractivity contribution in [1.82, 2.24) is 4.98 Å². The Morgan fingerprint density at radius 2 is 2.00 bits per heavy atom. The topological polar surface area (TPSA) is 38.9 Å². The molecule has 0 fully saturated rings. The van der Waals surface area contributed by atoms with Crippen LogP contribution in [-0.2, 0) is 0 Å². The predicted octanol–water partition coefficient (Wildman–Crippen LogP) is 2.48. The van der Waals surface area contributed by atoms with Gasteiger partial charge in [-0.3, -0.25) is 4.98 Å². The van der Waals surface area contributed by atoms with Crippen LogP contribution in [0.15, 0.2) is 48.8 Å². The Kier molecular flexibility index (Phi) is 3.32. The van der Waals surface area contributed by atoms with E-state index in [1.165, 1.54) is 16.7 Å². The fraction of sp³-hybridized carbons (Fsp3) is 0.214. The molecule has 1 unspecified atom stereocenters. The molecule has 1 atom stereocenters. The van der Waals surface area contributed by atoms with Crippen molar-refractivity contribution in [2.45, 2.75) is 12.8 Å². The third-order valence-electron chi connectivity index (χ3n) is 2.77. The zero-order valence-electron chi connectivity index (χ0n) is 9.43. The van der Waals surface area contributed by atoms with Gasteiger partial charge in [0.1, 0.15) is 0 Å². The molecular weight excluding hydrogens is 196 g/mol. The SMILES string of the molecule is Cc1cccc(C(CN)c2cccnc2)c1. The van der Waals surface area contributed by atoms with Gasteiger partial charge < -0.3 is 5.73 Å². The Bertz CT molecular complexity index is 451. The Labute approximate surface area is 96.1 Å². The number of hydrogen-bond donors (Lipinski definition) is 1. The van der Waals surface area contributed by atoms with Gasteiger partial charge in [0.15, 0.2) is 0 Å². The first-order valence-electron chi connectivity index (χ1n) is 5.48. The monoisotopic (exact) mass is 212 g/mol. The lowest BCUT2D eigenvalue weighted by Gasteiger charge is -2.15. The molecule has 2 rings (SSSR count). The molecule has 1 heterocycles. The standard InChI is InChI=1S/C14H16N2/c1-11-4-2-5-12(8-11)14(9-15)13-6-3-7-16-10-13/h2-8,10,14H,9,15H2,1H3. The van der Waals surface area contributed by atoms with E-state index in [1.54, 1.807) is 6.20 Å². The second-order valence-corrected chi connectivity index (χ2v) is 3.99. The number of aromatic nitrogens is 1. The molecule has 1 aromatic carbocycles. The molecule has 82 valence electrons. The van der Waals surface area contributed by atoms with Crippen LogP contribution in [0.4, 0.5) is 0 Å². The van der Waals surface area contributed by atoms with Crippen molar-refractivity contribution < 1.29 is 0 Å². The van der Waals surface area contributed by atoms with Crippen LogP contribution >= 0.6 is 0 Å². The third-order valence-corrected chi connectivity index (χ3v) is 2.77. The van der Waals surface area contributed by atoms with Crippen molar-refractivity contribution in [2.24, 2.45) is 5.73 Å². The minimum atomic E-state index is 0.244. The number of nitrogens with zero attached hydrogens (tertiary/aromatic N) is 1. The number of rotatable bonds is 3. The summed E-state index contributed by atoms with van der Waals surface area (Å²) >= 11 is 0. The highest BCUT2D eigenvalue weighted by atomic mass is 14.6. The molecular formula is C14H16N2. The molecule has 0 saturated heterocycles. The third kappa shape index (κ3) is 2.28. The van der Waals surface area contributed by atoms with E-state index in [4.69, 9.17) is 5.73 Å². The van der Waals surface area contributed by atoms with Gasteiger partial charge in [-0.1, -0.05) is 35.9 Å². The minimum Gasteiger partial charge on any atom is -0.330 e. The fourth-order valence-electron chi connectivity index (χ4n) is 1.93. The van der Waals surface area contributed by atoms with Gasteiger partial charge in [0.05, 0.1) is 0 Å². The van der Waals surface area contributed by atoms with Crippen LogP contribution < -0.4 is 5.73 Å². The molecule has 0 aliphatic carbocycles. The summed E-state index contributed by atoms with van der Waals surface area (Å²) in [6, 6.07) is 12.5. The minimum absolute atomic E-state index is 0.244. The molecule has 2 aromatic rings. The summed E-state index contributed by atoms with van der Waals surface area (Å²) in [5.74, 6) is 0.244. The van der Waals surface area contributed by atoms with Gasteiger partial charge in [0.25, 0.3) is 0 Å². The smallest absolute Gasteiger partial charge is 0.0306 e. The first-order valence-corrected chi connectivity index (χ1v) is 5.48. The summed E-state index contributed by atoms with van der Waals surface area (Å²) in [5, 5.41) is 0. The summed E-state index contributed by atoms with van der Waals surface area (Å²) in [7, 11) is 0. The van der Waals surface area contributed by atoms with Crippen molar-refractivity contribution >= 4 is 0 Å². The summed E-state index contributed by atoms with van der Waals surface area (Å²) in [6.45, 7) is 2.70. The molecule has 2 N–H and O–H groups in total. The van der Waals surface area contributed by atoms with Crippen LogP contribution in [0.3, 0.4) is 0 Å². The summed E-state index contributed by atoms with van der Waals surface area (Å²) in [6.07, 6.45) is 3.67. The Morgan fingerprint density at radius 3 is 2.62 bits per heavy atom. The molecule has 0 bridgehead atoms. The van der Waals surface area contributed by atoms with Gasteiger partial charge in [0, 0.05) is 24.9 Å². The maximum atomic E-state index is 5.86. The molecule has 0 spiro atoms. The zero-order valence-corrected chi connectivity index (χ0v) is 9.43. The molecule has 0 radical (unpaired) electrons. The van der Waals surface area contributed by atoms with E-state index in [0.29, 0.717) is 6.54 Å². The Morgan fingerprint density at radius 1 is 1.19 bits per heavy atom. The van der Waals surface area contributed by atoms with E-state index >= 15 is 0 Å².